The molecule has 66 heavy (non-hydrogen) atoms. The molecule has 0 spiro atoms. The van der Waals surface area contributed by atoms with Crippen LogP contribution in [0.5, 0.6) is 23.0 Å². The predicted octanol–water partition coefficient (Wildman–Crippen LogP) is 7.36. The fourth-order valence-corrected chi connectivity index (χ4v) is 7.10. The Balaban J connectivity index is 0.000000272. The highest BCUT2D eigenvalue weighted by Crippen LogP contribution is 2.38. The van der Waals surface area contributed by atoms with Crippen molar-refractivity contribution in [3.05, 3.63) is 116 Å². The van der Waals surface area contributed by atoms with Gasteiger partial charge < -0.3 is 24.2 Å². The molecule has 0 saturated heterocycles. The van der Waals surface area contributed by atoms with Gasteiger partial charge in [0.05, 0.1) is 29.2 Å². The molecular formula is C48H59ClN6O11. The molecule has 2 aliphatic rings. The number of nitrogens with two attached hydrogens (primary N) is 1. The molecule has 2 aliphatic heterocycles. The number of oxime groups is 1. The molecular weight excluding hydrogens is 872 g/mol. The maximum Gasteiger partial charge on any atom is 0.272 e. The van der Waals surface area contributed by atoms with E-state index >= 15 is 0 Å². The third-order valence-electron chi connectivity index (χ3n) is 10.1. The van der Waals surface area contributed by atoms with E-state index in [0.717, 1.165) is 22.3 Å². The van der Waals surface area contributed by atoms with Crippen molar-refractivity contribution < 1.29 is 52.5 Å². The molecule has 0 fully saturated rings. The van der Waals surface area contributed by atoms with Gasteiger partial charge in [0, 0.05) is 33.4 Å². The normalized spacial score (nSPS) is 14.9. The molecule has 4 aromatic carbocycles. The summed E-state index contributed by atoms with van der Waals surface area (Å²) in [6, 6.07) is 17.7. The maximum atomic E-state index is 13.3. The molecule has 4 amide bonds. The lowest BCUT2D eigenvalue weighted by Gasteiger charge is -2.36. The van der Waals surface area contributed by atoms with Gasteiger partial charge in [-0.3, -0.25) is 34.8 Å². The smallest absolute Gasteiger partial charge is 0.272 e. The zero-order chi connectivity index (χ0) is 49.3. The lowest BCUT2D eigenvalue weighted by atomic mass is 10.0. The molecule has 17 nitrogen and oxygen atoms in total. The molecule has 354 valence electrons. The molecule has 5 N–H and O–H groups in total. The molecule has 2 heterocycles. The van der Waals surface area contributed by atoms with Crippen LogP contribution in [0.2, 0.25) is 0 Å². The summed E-state index contributed by atoms with van der Waals surface area (Å²) in [6.07, 6.45) is 0.598. The predicted molar refractivity (Wildman–Crippen MR) is 248 cm³/mol. The van der Waals surface area contributed by atoms with Crippen molar-refractivity contribution in [3.63, 3.8) is 0 Å². The van der Waals surface area contributed by atoms with E-state index in [4.69, 9.17) is 24.2 Å². The van der Waals surface area contributed by atoms with Gasteiger partial charge >= 0.3 is 0 Å². The van der Waals surface area contributed by atoms with E-state index in [9.17, 15) is 24.0 Å². The van der Waals surface area contributed by atoms with Crippen LogP contribution in [0.15, 0.2) is 65.8 Å². The topological polar surface area (TPSA) is 221 Å². The molecule has 2 atom stereocenters. The third-order valence-corrected chi connectivity index (χ3v) is 10.1. The summed E-state index contributed by atoms with van der Waals surface area (Å²) in [7, 11) is 0. The lowest BCUT2D eigenvalue weighted by Crippen LogP contribution is -2.56. The van der Waals surface area contributed by atoms with Gasteiger partial charge in [0.25, 0.3) is 23.6 Å². The number of aryl methyl sites for hydroxylation is 4. The number of halogens is 1. The van der Waals surface area contributed by atoms with Gasteiger partial charge in [-0.2, -0.15) is 10.3 Å². The number of ether oxygens (including phenoxy) is 4. The Bertz CT molecular complexity index is 2440. The van der Waals surface area contributed by atoms with Crippen molar-refractivity contribution in [1.29, 1.82) is 0 Å². The summed E-state index contributed by atoms with van der Waals surface area (Å²) >= 11 is 4.28. The number of fused-ring (bicyclic) bond motifs is 2. The number of aldehydes is 1. The number of amides is 4. The Morgan fingerprint density at radius 3 is 1.36 bits per heavy atom. The summed E-state index contributed by atoms with van der Waals surface area (Å²) in [5.41, 5.74) is 10.8. The number of carbonyl (C=O) groups is 5. The van der Waals surface area contributed by atoms with E-state index in [1.54, 1.807) is 62.4 Å². The minimum atomic E-state index is -0.721. The van der Waals surface area contributed by atoms with Crippen LogP contribution in [-0.2, 0) is 9.18 Å². The summed E-state index contributed by atoms with van der Waals surface area (Å²) in [5.74, 6) is 4.35. The van der Waals surface area contributed by atoms with E-state index < -0.39 is 35.1 Å². The van der Waals surface area contributed by atoms with Crippen LogP contribution in [-0.4, -0.2) is 87.9 Å². The number of benzene rings is 4. The average molecular weight is 931 g/mol. The first-order valence-electron chi connectivity index (χ1n) is 20.9. The van der Waals surface area contributed by atoms with Crippen molar-refractivity contribution >= 4 is 48.0 Å². The van der Waals surface area contributed by atoms with Gasteiger partial charge in [0.15, 0.2) is 41.5 Å². The fraction of sp³-hybridized carbons (Fsp3) is 0.375. The van der Waals surface area contributed by atoms with Crippen LogP contribution in [0, 0.1) is 41.5 Å². The Hall–Kier alpha value is -6.69. The second-order valence-electron chi connectivity index (χ2n) is 17.8. The Morgan fingerprint density at radius 1 is 0.682 bits per heavy atom. The Labute approximate surface area is 390 Å². The second kappa shape index (κ2) is 22.0. The molecule has 0 saturated carbocycles. The SMILES string of the molecule is Cc1cc(C)cc(C(=O)N(NC(=O)c2ccc3c(c2C)O[C@@H](C=NO)CO3)C(C)(C)C)c1.Cc1cc(C)cc(C(=O)N(NC(=O)c2ccc3c(c2C)O[C@@H](C=O)CO3)C(C)(C)C)c1.NOCl. The van der Waals surface area contributed by atoms with Gasteiger partial charge in [-0.05, 0) is 132 Å². The first kappa shape index (κ1) is 51.9. The molecule has 6 rings (SSSR count). The summed E-state index contributed by atoms with van der Waals surface area (Å²) in [5, 5.41) is 14.4. The van der Waals surface area contributed by atoms with Crippen molar-refractivity contribution in [2.75, 3.05) is 13.2 Å². The number of rotatable bonds is 6. The van der Waals surface area contributed by atoms with Crippen molar-refractivity contribution in [1.82, 2.24) is 20.9 Å². The number of hydrogen-bond donors (Lipinski definition) is 4. The Morgan fingerprint density at radius 2 is 1.03 bits per heavy atom. The highest BCUT2D eigenvalue weighted by molar-refractivity contribution is 6.07. The average Bonchev–Trinajstić information content (AvgIpc) is 3.23. The van der Waals surface area contributed by atoms with Crippen LogP contribution < -0.4 is 35.7 Å². The highest BCUT2D eigenvalue weighted by atomic mass is 35.5. The van der Waals surface area contributed by atoms with E-state index in [2.05, 4.69) is 38.2 Å². The van der Waals surface area contributed by atoms with E-state index in [0.29, 0.717) is 62.7 Å². The molecule has 0 unspecified atom stereocenters. The van der Waals surface area contributed by atoms with Gasteiger partial charge in [-0.25, -0.2) is 10.0 Å². The standard InChI is InChI=1S/C24H29N3O5.C24H28N2O5.ClH2NO/c1-14-9-15(2)11-17(10-14)23(29)27(24(4,5)6)26-22(28)19-7-8-20-21(16(19)3)32-18(12-25-30)13-31-20;1-14-9-15(2)11-17(10-14)23(29)26(24(4,5)6)25-22(28)19-7-8-20-21(16(19)3)31-18(12-27)13-30-20;1-3-2/h7-12,18,30H,13H2,1-6H3,(H,26,28);7-12,18H,13H2,1-6H3,(H,25,28);2H2/t2*18-;/m00./s1. The van der Waals surface area contributed by atoms with E-state index in [-0.39, 0.29) is 25.0 Å². The van der Waals surface area contributed by atoms with Gasteiger partial charge in [0.1, 0.15) is 13.2 Å². The highest BCUT2D eigenvalue weighted by Gasteiger charge is 2.34. The third kappa shape index (κ3) is 13.0. The minimum absolute atomic E-state index is 0.129. The summed E-state index contributed by atoms with van der Waals surface area (Å²) < 4.78 is 25.9. The quantitative estimate of drug-likeness (QED) is 0.0645. The molecule has 18 heteroatoms. The minimum Gasteiger partial charge on any atom is -0.485 e. The molecule has 0 bridgehead atoms. The maximum absolute atomic E-state index is 13.3. The number of nitrogens with one attached hydrogen (secondary N) is 2. The van der Waals surface area contributed by atoms with Crippen molar-refractivity contribution in [2.24, 2.45) is 11.1 Å². The number of carbonyl (C=O) groups excluding carboxylic acids is 5. The van der Waals surface area contributed by atoms with Crippen LogP contribution in [0.25, 0.3) is 0 Å². The molecule has 0 radical (unpaired) electrons. The van der Waals surface area contributed by atoms with Crippen LogP contribution in [0.1, 0.15) is 116 Å². The van der Waals surface area contributed by atoms with Gasteiger partial charge in [-0.15, -0.1) is 0 Å². The lowest BCUT2D eigenvalue weighted by molar-refractivity contribution is -0.115. The molecule has 0 aromatic heterocycles. The zero-order valence-corrected chi connectivity index (χ0v) is 40.1. The number of nitrogens with zero attached hydrogens (tertiary/aromatic N) is 3. The fourth-order valence-electron chi connectivity index (χ4n) is 7.10. The largest absolute Gasteiger partial charge is 0.485 e. The summed E-state index contributed by atoms with van der Waals surface area (Å²) in [4.78, 5) is 64.1. The van der Waals surface area contributed by atoms with Crippen LogP contribution in [0.3, 0.4) is 0 Å². The van der Waals surface area contributed by atoms with Crippen LogP contribution >= 0.6 is 11.9 Å². The van der Waals surface area contributed by atoms with Crippen LogP contribution in [0.4, 0.5) is 0 Å². The Kier molecular flexibility index (Phi) is 17.3. The second-order valence-corrected chi connectivity index (χ2v) is 18.0. The van der Waals surface area contributed by atoms with Gasteiger partial charge in [-0.1, -0.05) is 39.5 Å². The molecule has 0 aliphatic carbocycles. The monoisotopic (exact) mass is 930 g/mol. The first-order chi connectivity index (χ1) is 30.9. The number of hydrogen-bond acceptors (Lipinski definition) is 13. The van der Waals surface area contributed by atoms with Crippen molar-refractivity contribution in [2.45, 2.75) is 106 Å². The first-order valence-corrected chi connectivity index (χ1v) is 21.2. The van der Waals surface area contributed by atoms with E-state index in [1.807, 2.05) is 81.4 Å². The number of hydrazine groups is 2. The summed E-state index contributed by atoms with van der Waals surface area (Å²) in [6.45, 7) is 22.6. The molecule has 4 aromatic rings. The van der Waals surface area contributed by atoms with E-state index in [1.165, 1.54) is 16.2 Å². The van der Waals surface area contributed by atoms with Crippen molar-refractivity contribution in [3.8, 4) is 23.0 Å². The van der Waals surface area contributed by atoms with Gasteiger partial charge in [0.2, 0.25) is 0 Å². The zero-order valence-electron chi connectivity index (χ0n) is 39.3.